The molecule has 11 heavy (non-hydrogen) atoms. The zero-order chi connectivity index (χ0) is 8.27. The van der Waals surface area contributed by atoms with Gasteiger partial charge in [0.1, 0.15) is 6.54 Å². The summed E-state index contributed by atoms with van der Waals surface area (Å²) in [5, 5.41) is 9.18. The molecule has 0 spiro atoms. The van der Waals surface area contributed by atoms with E-state index in [1.165, 1.54) is 11.8 Å². The number of aromatic nitrogens is 2. The Bertz CT molecular complexity index is 259. The second-order valence-electron chi connectivity index (χ2n) is 1.94. The highest BCUT2D eigenvalue weighted by molar-refractivity contribution is 7.98. The van der Waals surface area contributed by atoms with E-state index in [0.717, 1.165) is 5.16 Å². The van der Waals surface area contributed by atoms with Crippen LogP contribution in [0.4, 0.5) is 0 Å². The van der Waals surface area contributed by atoms with Gasteiger partial charge in [0.05, 0.1) is 0 Å². The minimum absolute atomic E-state index is 0.0177. The fourth-order valence-electron chi connectivity index (χ4n) is 0.752. The summed E-state index contributed by atoms with van der Waals surface area (Å²) in [7, 11) is 0. The fraction of sp³-hybridized carbons (Fsp3) is 0.333. The van der Waals surface area contributed by atoms with Gasteiger partial charge in [-0.2, -0.15) is 0 Å². The van der Waals surface area contributed by atoms with E-state index < -0.39 is 5.97 Å². The molecule has 0 aromatic carbocycles. The molecule has 60 valence electrons. The van der Waals surface area contributed by atoms with E-state index in [2.05, 4.69) is 4.98 Å². The summed E-state index contributed by atoms with van der Waals surface area (Å²) >= 11 is 1.43. The average molecular weight is 172 g/mol. The number of rotatable bonds is 3. The van der Waals surface area contributed by atoms with Gasteiger partial charge in [0.25, 0.3) is 0 Å². The Labute approximate surface area is 68.2 Å². The number of hydrogen-bond donors (Lipinski definition) is 1. The molecule has 0 radical (unpaired) electrons. The maximum atomic E-state index is 10.3. The third kappa shape index (κ3) is 1.98. The first-order valence-electron chi connectivity index (χ1n) is 3.01. The molecule has 0 bridgehead atoms. The maximum absolute atomic E-state index is 10.3. The number of carbonyl (C=O) groups is 1. The van der Waals surface area contributed by atoms with Gasteiger partial charge in [-0.15, -0.1) is 0 Å². The van der Waals surface area contributed by atoms with Crippen LogP contribution in [0.25, 0.3) is 0 Å². The monoisotopic (exact) mass is 172 g/mol. The fourth-order valence-corrected chi connectivity index (χ4v) is 1.28. The smallest absolute Gasteiger partial charge is 0.323 e. The number of carboxylic acid groups (broad SMARTS) is 1. The zero-order valence-corrected chi connectivity index (χ0v) is 6.84. The van der Waals surface area contributed by atoms with Crippen LogP contribution in [-0.2, 0) is 11.3 Å². The average Bonchev–Trinajstić information content (AvgIpc) is 2.34. The van der Waals surface area contributed by atoms with Gasteiger partial charge >= 0.3 is 5.97 Å². The lowest BCUT2D eigenvalue weighted by Gasteiger charge is -1.99. The first kappa shape index (κ1) is 8.13. The molecule has 0 unspecified atom stereocenters. The van der Waals surface area contributed by atoms with Crippen molar-refractivity contribution in [2.45, 2.75) is 11.7 Å². The minimum Gasteiger partial charge on any atom is -0.480 e. The number of thioether (sulfide) groups is 1. The van der Waals surface area contributed by atoms with Gasteiger partial charge in [-0.1, -0.05) is 11.8 Å². The Morgan fingerprint density at radius 3 is 3.18 bits per heavy atom. The quantitative estimate of drug-likeness (QED) is 0.681. The summed E-state index contributed by atoms with van der Waals surface area (Å²) in [5.41, 5.74) is 0. The van der Waals surface area contributed by atoms with Crippen molar-refractivity contribution in [2.24, 2.45) is 0 Å². The Kier molecular flexibility index (Phi) is 2.53. The van der Waals surface area contributed by atoms with E-state index in [-0.39, 0.29) is 6.54 Å². The van der Waals surface area contributed by atoms with Gasteiger partial charge in [0.15, 0.2) is 5.16 Å². The van der Waals surface area contributed by atoms with Crippen molar-refractivity contribution in [3.8, 4) is 0 Å². The third-order valence-corrected chi connectivity index (χ3v) is 1.87. The highest BCUT2D eigenvalue weighted by atomic mass is 32.2. The molecule has 0 amide bonds. The third-order valence-electron chi connectivity index (χ3n) is 1.17. The lowest BCUT2D eigenvalue weighted by molar-refractivity contribution is -0.137. The van der Waals surface area contributed by atoms with Crippen molar-refractivity contribution in [2.75, 3.05) is 6.26 Å². The summed E-state index contributed by atoms with van der Waals surface area (Å²) in [6, 6.07) is 0. The molecule has 0 saturated carbocycles. The van der Waals surface area contributed by atoms with Crippen LogP contribution in [-0.4, -0.2) is 26.9 Å². The number of hydrogen-bond acceptors (Lipinski definition) is 3. The van der Waals surface area contributed by atoms with Crippen molar-refractivity contribution < 1.29 is 9.90 Å². The van der Waals surface area contributed by atoms with Crippen LogP contribution in [0, 0.1) is 0 Å². The van der Waals surface area contributed by atoms with Gasteiger partial charge in [0.2, 0.25) is 0 Å². The van der Waals surface area contributed by atoms with Crippen molar-refractivity contribution in [3.05, 3.63) is 12.4 Å². The predicted molar refractivity (Wildman–Crippen MR) is 41.6 cm³/mol. The van der Waals surface area contributed by atoms with Crippen LogP contribution in [0.2, 0.25) is 0 Å². The van der Waals surface area contributed by atoms with Crippen LogP contribution in [0.1, 0.15) is 0 Å². The van der Waals surface area contributed by atoms with Crippen molar-refractivity contribution in [1.29, 1.82) is 0 Å². The summed E-state index contributed by atoms with van der Waals surface area (Å²) in [6.07, 6.45) is 5.11. The molecule has 5 heteroatoms. The summed E-state index contributed by atoms with van der Waals surface area (Å²) in [4.78, 5) is 14.2. The predicted octanol–water partition coefficient (Wildman–Crippen LogP) is 0.690. The molecule has 0 aliphatic heterocycles. The van der Waals surface area contributed by atoms with Gasteiger partial charge in [-0.05, 0) is 6.26 Å². The second kappa shape index (κ2) is 3.43. The molecule has 1 heterocycles. The van der Waals surface area contributed by atoms with Crippen LogP contribution >= 0.6 is 11.8 Å². The van der Waals surface area contributed by atoms with E-state index in [1.807, 2.05) is 6.26 Å². The SMILES string of the molecule is CSc1nccn1CC(=O)O. The highest BCUT2D eigenvalue weighted by Gasteiger charge is 2.03. The Balaban J connectivity index is 2.76. The standard InChI is InChI=1S/C6H8N2O2S/c1-11-6-7-2-3-8(6)4-5(9)10/h2-3H,4H2,1H3,(H,9,10). The second-order valence-corrected chi connectivity index (χ2v) is 2.71. The molecule has 0 atom stereocenters. The number of aliphatic carboxylic acids is 1. The lowest BCUT2D eigenvalue weighted by atomic mass is 10.6. The first-order chi connectivity index (χ1) is 5.24. The van der Waals surface area contributed by atoms with Crippen molar-refractivity contribution >= 4 is 17.7 Å². The molecule has 1 aromatic heterocycles. The molecule has 1 N–H and O–H groups in total. The van der Waals surface area contributed by atoms with Crippen LogP contribution in [0.15, 0.2) is 17.6 Å². The summed E-state index contributed by atoms with van der Waals surface area (Å²) < 4.78 is 1.59. The molecular weight excluding hydrogens is 164 g/mol. The Morgan fingerprint density at radius 2 is 2.64 bits per heavy atom. The van der Waals surface area contributed by atoms with E-state index in [4.69, 9.17) is 5.11 Å². The van der Waals surface area contributed by atoms with E-state index in [9.17, 15) is 4.79 Å². The largest absolute Gasteiger partial charge is 0.480 e. The first-order valence-corrected chi connectivity index (χ1v) is 4.23. The summed E-state index contributed by atoms with van der Waals surface area (Å²) in [6.45, 7) is -0.0177. The van der Waals surface area contributed by atoms with E-state index in [0.29, 0.717) is 0 Å². The zero-order valence-electron chi connectivity index (χ0n) is 6.02. The van der Waals surface area contributed by atoms with E-state index >= 15 is 0 Å². The van der Waals surface area contributed by atoms with Crippen molar-refractivity contribution in [3.63, 3.8) is 0 Å². The highest BCUT2D eigenvalue weighted by Crippen LogP contribution is 2.10. The topological polar surface area (TPSA) is 55.1 Å². The molecule has 0 fully saturated rings. The molecule has 0 saturated heterocycles. The van der Waals surface area contributed by atoms with Crippen LogP contribution in [0.5, 0.6) is 0 Å². The molecule has 4 nitrogen and oxygen atoms in total. The van der Waals surface area contributed by atoms with Crippen LogP contribution < -0.4 is 0 Å². The van der Waals surface area contributed by atoms with E-state index in [1.54, 1.807) is 17.0 Å². The molecule has 0 aliphatic carbocycles. The lowest BCUT2D eigenvalue weighted by Crippen LogP contribution is -2.08. The molecular formula is C6H8N2O2S. The van der Waals surface area contributed by atoms with Gasteiger partial charge in [-0.25, -0.2) is 4.98 Å². The van der Waals surface area contributed by atoms with Crippen LogP contribution in [0.3, 0.4) is 0 Å². The summed E-state index contributed by atoms with van der Waals surface area (Å²) in [5.74, 6) is -0.849. The molecule has 1 rings (SSSR count). The normalized spacial score (nSPS) is 9.91. The van der Waals surface area contributed by atoms with Gasteiger partial charge in [-0.3, -0.25) is 4.79 Å². The minimum atomic E-state index is -0.849. The Morgan fingerprint density at radius 1 is 1.91 bits per heavy atom. The number of carboxylic acids is 1. The maximum Gasteiger partial charge on any atom is 0.323 e. The van der Waals surface area contributed by atoms with Gasteiger partial charge in [0, 0.05) is 12.4 Å². The van der Waals surface area contributed by atoms with Gasteiger partial charge < -0.3 is 9.67 Å². The number of imidazole rings is 1. The number of nitrogens with zero attached hydrogens (tertiary/aromatic N) is 2. The molecule has 1 aromatic rings. The molecule has 0 aliphatic rings. The van der Waals surface area contributed by atoms with Crippen molar-refractivity contribution in [1.82, 2.24) is 9.55 Å². The Hall–Kier alpha value is -0.970.